The van der Waals surface area contributed by atoms with Crippen molar-refractivity contribution in [2.75, 3.05) is 0 Å². The van der Waals surface area contributed by atoms with Crippen molar-refractivity contribution in [3.05, 3.63) is 0 Å². The minimum Gasteiger partial charge on any atom is -0.306 e. The number of halogens is 1. The van der Waals surface area contributed by atoms with Gasteiger partial charge in [-0.3, -0.25) is 0 Å². The molecule has 2 aliphatic rings. The Morgan fingerprint density at radius 2 is 1.60 bits per heavy atom. The first kappa shape index (κ1) is 16.9. The standard InChI is InChI=1S/C17H32ClOP/c1-14(2,3)16(6,7)20(18,19)13-11-12-9-10-17(13,8)15(12,4)5/h12-13H,9-11H2,1-8H3/t12-,13+,17+,20?/m0/s1. The zero-order valence-electron chi connectivity index (χ0n) is 14.5. The largest absolute Gasteiger partial charge is 0.306 e. The van der Waals surface area contributed by atoms with Crippen molar-refractivity contribution in [1.82, 2.24) is 0 Å². The minimum atomic E-state index is -2.78. The Hall–Kier alpha value is 0.520. The van der Waals surface area contributed by atoms with Crippen LogP contribution in [0.1, 0.15) is 74.7 Å². The molecule has 2 bridgehead atoms. The van der Waals surface area contributed by atoms with Crippen LogP contribution in [0.4, 0.5) is 0 Å². The van der Waals surface area contributed by atoms with Crippen LogP contribution < -0.4 is 0 Å². The van der Waals surface area contributed by atoms with Crippen LogP contribution in [-0.2, 0) is 4.57 Å². The molecule has 0 aromatic rings. The Kier molecular flexibility index (Phi) is 3.62. The lowest BCUT2D eigenvalue weighted by Crippen LogP contribution is -2.43. The molecule has 0 radical (unpaired) electrons. The molecule has 118 valence electrons. The normalized spacial score (nSPS) is 39.9. The van der Waals surface area contributed by atoms with Crippen molar-refractivity contribution in [1.29, 1.82) is 0 Å². The van der Waals surface area contributed by atoms with Crippen LogP contribution in [-0.4, -0.2) is 10.8 Å². The molecule has 0 amide bonds. The average Bonchev–Trinajstić information content (AvgIpc) is 2.58. The topological polar surface area (TPSA) is 17.1 Å². The van der Waals surface area contributed by atoms with Gasteiger partial charge in [0.15, 0.2) is 6.49 Å². The molecule has 2 aliphatic carbocycles. The van der Waals surface area contributed by atoms with E-state index in [1.54, 1.807) is 0 Å². The highest BCUT2D eigenvalue weighted by Crippen LogP contribution is 2.82. The fourth-order valence-corrected chi connectivity index (χ4v) is 9.57. The third kappa shape index (κ3) is 1.84. The van der Waals surface area contributed by atoms with Crippen LogP contribution in [0.5, 0.6) is 0 Å². The highest BCUT2D eigenvalue weighted by atomic mass is 35.7. The maximum Gasteiger partial charge on any atom is 0.178 e. The molecule has 2 fully saturated rings. The molecule has 0 N–H and O–H groups in total. The van der Waals surface area contributed by atoms with E-state index in [2.05, 4.69) is 55.4 Å². The summed E-state index contributed by atoms with van der Waals surface area (Å²) in [5.74, 6) is 0.695. The van der Waals surface area contributed by atoms with Crippen LogP contribution in [0.25, 0.3) is 0 Å². The molecule has 3 heteroatoms. The van der Waals surface area contributed by atoms with E-state index in [0.717, 1.165) is 6.42 Å². The van der Waals surface area contributed by atoms with Gasteiger partial charge in [-0.25, -0.2) is 0 Å². The summed E-state index contributed by atoms with van der Waals surface area (Å²) >= 11 is 6.89. The molecule has 1 nitrogen and oxygen atoms in total. The molecule has 0 spiro atoms. The summed E-state index contributed by atoms with van der Waals surface area (Å²) in [7, 11) is 0. The molecule has 2 saturated carbocycles. The van der Waals surface area contributed by atoms with E-state index in [1.807, 2.05) is 0 Å². The molecule has 20 heavy (non-hydrogen) atoms. The van der Waals surface area contributed by atoms with Crippen LogP contribution in [0, 0.1) is 22.2 Å². The summed E-state index contributed by atoms with van der Waals surface area (Å²) in [6, 6.07) is 0. The summed E-state index contributed by atoms with van der Waals surface area (Å²) in [6.45, 7) is 15.0. The molecular weight excluding hydrogens is 287 g/mol. The molecule has 0 aromatic heterocycles. The van der Waals surface area contributed by atoms with Gasteiger partial charge in [0, 0.05) is 10.8 Å². The Bertz CT molecular complexity index is 460. The number of rotatable bonds is 2. The van der Waals surface area contributed by atoms with Crippen molar-refractivity contribution in [2.24, 2.45) is 22.2 Å². The predicted octanol–water partition coefficient (Wildman–Crippen LogP) is 6.54. The maximum absolute atomic E-state index is 13.7. The Balaban J connectivity index is 2.46. The van der Waals surface area contributed by atoms with Gasteiger partial charge >= 0.3 is 0 Å². The lowest BCUT2D eigenvalue weighted by molar-refractivity contribution is 0.152. The molecule has 0 aromatic carbocycles. The molecule has 2 rings (SSSR count). The fourth-order valence-electron chi connectivity index (χ4n) is 4.51. The number of hydrogen-bond donors (Lipinski definition) is 0. The predicted molar refractivity (Wildman–Crippen MR) is 90.0 cm³/mol. The van der Waals surface area contributed by atoms with Crippen LogP contribution in [0.15, 0.2) is 0 Å². The van der Waals surface area contributed by atoms with E-state index in [1.165, 1.54) is 12.8 Å². The first-order valence-electron chi connectivity index (χ1n) is 7.99. The second kappa shape index (κ2) is 4.29. The van der Waals surface area contributed by atoms with E-state index < -0.39 is 6.49 Å². The molecule has 0 saturated heterocycles. The minimum absolute atomic E-state index is 0.0490. The molecule has 4 atom stereocenters. The zero-order valence-corrected chi connectivity index (χ0v) is 16.2. The second-order valence-electron chi connectivity index (χ2n) is 9.51. The van der Waals surface area contributed by atoms with Crippen molar-refractivity contribution >= 4 is 17.7 Å². The highest BCUT2D eigenvalue weighted by molar-refractivity contribution is 7.91. The first-order valence-corrected chi connectivity index (χ1v) is 10.7. The van der Waals surface area contributed by atoms with Crippen molar-refractivity contribution in [3.8, 4) is 0 Å². The summed E-state index contributed by atoms with van der Waals surface area (Å²) in [5.41, 5.74) is 0.542. The van der Waals surface area contributed by atoms with Gasteiger partial charge in [0.2, 0.25) is 0 Å². The third-order valence-corrected chi connectivity index (χ3v) is 13.5. The monoisotopic (exact) mass is 318 g/mol. The molecular formula is C17H32ClOP. The first-order chi connectivity index (χ1) is 8.69. The summed E-state index contributed by atoms with van der Waals surface area (Å²) in [4.78, 5) is 0. The van der Waals surface area contributed by atoms with Crippen LogP contribution in [0.2, 0.25) is 0 Å². The highest BCUT2D eigenvalue weighted by Gasteiger charge is 2.68. The van der Waals surface area contributed by atoms with Crippen molar-refractivity contribution in [2.45, 2.75) is 85.5 Å². The van der Waals surface area contributed by atoms with Gasteiger partial charge in [-0.2, -0.15) is 0 Å². The van der Waals surface area contributed by atoms with Crippen LogP contribution >= 0.6 is 17.7 Å². The van der Waals surface area contributed by atoms with E-state index in [-0.39, 0.29) is 27.1 Å². The lowest BCUT2D eigenvalue weighted by Gasteiger charge is -2.49. The Morgan fingerprint density at radius 3 is 1.90 bits per heavy atom. The fraction of sp³-hybridized carbons (Fsp3) is 1.00. The molecule has 0 aliphatic heterocycles. The van der Waals surface area contributed by atoms with Gasteiger partial charge in [-0.1, -0.05) is 66.6 Å². The maximum atomic E-state index is 13.7. The average molecular weight is 319 g/mol. The molecule has 0 heterocycles. The smallest absolute Gasteiger partial charge is 0.178 e. The van der Waals surface area contributed by atoms with Gasteiger partial charge in [0.1, 0.15) is 0 Å². The van der Waals surface area contributed by atoms with E-state index in [0.29, 0.717) is 5.92 Å². The SMILES string of the molecule is CC(C)(C)C(C)(C)P(=O)(Cl)[C@@H]1C[C@@H]2CC[C@@]1(C)C2(C)C. The van der Waals surface area contributed by atoms with Crippen molar-refractivity contribution < 1.29 is 4.57 Å². The second-order valence-corrected chi connectivity index (χ2v) is 13.9. The van der Waals surface area contributed by atoms with Gasteiger partial charge in [-0.15, -0.1) is 0 Å². The van der Waals surface area contributed by atoms with Crippen molar-refractivity contribution in [3.63, 3.8) is 0 Å². The summed E-state index contributed by atoms with van der Waals surface area (Å²) < 4.78 is 13.7. The van der Waals surface area contributed by atoms with Crippen LogP contribution in [0.3, 0.4) is 0 Å². The summed E-state index contributed by atoms with van der Waals surface area (Å²) in [5, 5.41) is -0.338. The van der Waals surface area contributed by atoms with Gasteiger partial charge in [0.05, 0.1) is 0 Å². The summed E-state index contributed by atoms with van der Waals surface area (Å²) in [6.07, 6.45) is 3.53. The van der Waals surface area contributed by atoms with Gasteiger partial charge < -0.3 is 4.57 Å². The van der Waals surface area contributed by atoms with E-state index in [9.17, 15) is 4.57 Å². The lowest BCUT2D eigenvalue weighted by atomic mass is 9.71. The quantitative estimate of drug-likeness (QED) is 0.528. The Labute approximate surface area is 130 Å². The zero-order chi connectivity index (χ0) is 15.8. The Morgan fingerprint density at radius 1 is 1.10 bits per heavy atom. The van der Waals surface area contributed by atoms with Gasteiger partial charge in [-0.05, 0) is 41.4 Å². The van der Waals surface area contributed by atoms with Gasteiger partial charge in [0.25, 0.3) is 0 Å². The number of fused-ring (bicyclic) bond motifs is 2. The third-order valence-electron chi connectivity index (χ3n) is 7.75. The van der Waals surface area contributed by atoms with E-state index >= 15 is 0 Å². The molecule has 1 unspecified atom stereocenters. The number of hydrogen-bond acceptors (Lipinski definition) is 1. The van der Waals surface area contributed by atoms with E-state index in [4.69, 9.17) is 11.2 Å².